The van der Waals surface area contributed by atoms with Gasteiger partial charge < -0.3 is 24.3 Å². The van der Waals surface area contributed by atoms with Crippen molar-refractivity contribution in [3.63, 3.8) is 0 Å². The minimum Gasteiger partial charge on any atom is -0.493 e. The van der Waals surface area contributed by atoms with Gasteiger partial charge in [0.25, 0.3) is 5.91 Å². The Morgan fingerprint density at radius 3 is 2.41 bits per heavy atom. The molecule has 0 heterocycles. The molecule has 2 rings (SSSR count). The molecule has 1 atom stereocenters. The van der Waals surface area contributed by atoms with Crippen LogP contribution in [0.1, 0.15) is 17.2 Å². The minimum atomic E-state index is -1.32. The van der Waals surface area contributed by atoms with Crippen LogP contribution in [0.4, 0.5) is 0 Å². The lowest BCUT2D eigenvalue weighted by Crippen LogP contribution is -2.35. The molecule has 0 spiro atoms. The van der Waals surface area contributed by atoms with Crippen LogP contribution >= 0.6 is 15.9 Å². The Kier molecular flexibility index (Phi) is 9.57. The molecule has 168 valence electrons. The summed E-state index contributed by atoms with van der Waals surface area (Å²) in [5, 5.41) is 2.71. The third-order valence-electron chi connectivity index (χ3n) is 4.24. The van der Waals surface area contributed by atoms with Crippen molar-refractivity contribution in [3.05, 3.63) is 58.1 Å². The molecule has 1 N–H and O–H groups in total. The zero-order valence-corrected chi connectivity index (χ0v) is 19.1. The van der Waals surface area contributed by atoms with Gasteiger partial charge in [0, 0.05) is 16.6 Å². The Hall–Kier alpha value is -3.51. The normalized spacial score (nSPS) is 10.9. The number of hydrogen-bond acceptors (Lipinski definition) is 7. The van der Waals surface area contributed by atoms with Gasteiger partial charge in [-0.3, -0.25) is 4.79 Å². The summed E-state index contributed by atoms with van der Waals surface area (Å²) < 4.78 is 20.9. The zero-order valence-electron chi connectivity index (χ0n) is 17.6. The lowest BCUT2D eigenvalue weighted by Gasteiger charge is -2.17. The van der Waals surface area contributed by atoms with Crippen LogP contribution < -0.4 is 14.8 Å². The second-order valence-electron chi connectivity index (χ2n) is 6.35. The molecule has 1 unspecified atom stereocenters. The molecule has 0 aliphatic rings. The summed E-state index contributed by atoms with van der Waals surface area (Å²) in [6.07, 6.45) is 4.36. The Morgan fingerprint density at radius 1 is 1.06 bits per heavy atom. The summed E-state index contributed by atoms with van der Waals surface area (Å²) in [6, 6.07) is 11.9. The van der Waals surface area contributed by atoms with Crippen LogP contribution in [-0.2, 0) is 30.3 Å². The first kappa shape index (κ1) is 24.8. The standard InChI is InChI=1S/C23H22BrNO7/c1-4-13-31-18-10-5-15(14-19(18)29-2)11-12-25-21(26)20(32-23(28)22(27)30-3)16-6-8-17(24)9-7-16/h1,5-10,14,20H,11-13H2,2-3H3,(H,25,26). The van der Waals surface area contributed by atoms with Gasteiger partial charge in [-0.15, -0.1) is 6.42 Å². The zero-order chi connectivity index (χ0) is 23.5. The van der Waals surface area contributed by atoms with Crippen LogP contribution in [0.25, 0.3) is 0 Å². The molecule has 0 aliphatic carbocycles. The van der Waals surface area contributed by atoms with Gasteiger partial charge in [-0.25, -0.2) is 9.59 Å². The SMILES string of the molecule is C#CCOc1ccc(CCNC(=O)C(OC(=O)C(=O)OC)c2ccc(Br)cc2)cc1OC. The van der Waals surface area contributed by atoms with E-state index in [2.05, 4.69) is 31.9 Å². The molecule has 0 saturated heterocycles. The molecule has 8 nitrogen and oxygen atoms in total. The first-order chi connectivity index (χ1) is 15.4. The van der Waals surface area contributed by atoms with Crippen LogP contribution in [0, 0.1) is 12.3 Å². The molecule has 1 amide bonds. The van der Waals surface area contributed by atoms with Crippen molar-refractivity contribution < 1.29 is 33.3 Å². The van der Waals surface area contributed by atoms with Crippen LogP contribution in [0.15, 0.2) is 46.9 Å². The van der Waals surface area contributed by atoms with E-state index in [1.807, 2.05) is 6.07 Å². The monoisotopic (exact) mass is 503 g/mol. The van der Waals surface area contributed by atoms with Crippen molar-refractivity contribution in [2.45, 2.75) is 12.5 Å². The molecular formula is C23H22BrNO7. The fourth-order valence-electron chi connectivity index (χ4n) is 2.68. The van der Waals surface area contributed by atoms with Gasteiger partial charge in [0.1, 0.15) is 6.61 Å². The number of nitrogens with one attached hydrogen (secondary N) is 1. The summed E-state index contributed by atoms with van der Waals surface area (Å²) in [5.74, 6) is 0.387. The Balaban J connectivity index is 2.06. The van der Waals surface area contributed by atoms with Crippen molar-refractivity contribution >= 4 is 33.8 Å². The number of carbonyl (C=O) groups excluding carboxylic acids is 3. The predicted molar refractivity (Wildman–Crippen MR) is 119 cm³/mol. The highest BCUT2D eigenvalue weighted by atomic mass is 79.9. The molecule has 0 fully saturated rings. The molecule has 2 aromatic carbocycles. The van der Waals surface area contributed by atoms with Crippen LogP contribution in [0.5, 0.6) is 11.5 Å². The maximum atomic E-state index is 12.7. The molecule has 9 heteroatoms. The average molecular weight is 504 g/mol. The number of esters is 2. The lowest BCUT2D eigenvalue weighted by atomic mass is 10.1. The average Bonchev–Trinajstić information content (AvgIpc) is 2.81. The highest BCUT2D eigenvalue weighted by Crippen LogP contribution is 2.28. The number of amides is 1. The molecule has 32 heavy (non-hydrogen) atoms. The van der Waals surface area contributed by atoms with E-state index in [9.17, 15) is 14.4 Å². The van der Waals surface area contributed by atoms with E-state index >= 15 is 0 Å². The molecule has 0 aromatic heterocycles. The molecular weight excluding hydrogens is 482 g/mol. The van der Waals surface area contributed by atoms with Crippen molar-refractivity contribution in [3.8, 4) is 23.8 Å². The Labute approximate surface area is 194 Å². The number of methoxy groups -OCH3 is 2. The lowest BCUT2D eigenvalue weighted by molar-refractivity contribution is -0.171. The van der Waals surface area contributed by atoms with E-state index in [1.54, 1.807) is 36.4 Å². The van der Waals surface area contributed by atoms with Gasteiger partial charge >= 0.3 is 11.9 Å². The summed E-state index contributed by atoms with van der Waals surface area (Å²) >= 11 is 3.30. The maximum absolute atomic E-state index is 12.7. The van der Waals surface area contributed by atoms with Crippen molar-refractivity contribution in [1.82, 2.24) is 5.32 Å². The fraction of sp³-hybridized carbons (Fsp3) is 0.261. The number of carbonyl (C=O) groups is 3. The van der Waals surface area contributed by atoms with E-state index < -0.39 is 23.9 Å². The quantitative estimate of drug-likeness (QED) is 0.318. The summed E-state index contributed by atoms with van der Waals surface area (Å²) in [4.78, 5) is 36.1. The van der Waals surface area contributed by atoms with Gasteiger partial charge in [-0.05, 0) is 36.2 Å². The number of terminal acetylenes is 1. The van der Waals surface area contributed by atoms with Crippen molar-refractivity contribution in [1.29, 1.82) is 0 Å². The third kappa shape index (κ3) is 7.03. The number of hydrogen-bond donors (Lipinski definition) is 1. The first-order valence-electron chi connectivity index (χ1n) is 9.44. The van der Waals surface area contributed by atoms with Gasteiger partial charge in [-0.2, -0.15) is 0 Å². The highest BCUT2D eigenvalue weighted by molar-refractivity contribution is 9.10. The van der Waals surface area contributed by atoms with Crippen LogP contribution in [0.3, 0.4) is 0 Å². The molecule has 0 aliphatic heterocycles. The highest BCUT2D eigenvalue weighted by Gasteiger charge is 2.28. The number of benzene rings is 2. The topological polar surface area (TPSA) is 100 Å². The van der Waals surface area contributed by atoms with Crippen molar-refractivity contribution in [2.24, 2.45) is 0 Å². The van der Waals surface area contributed by atoms with Gasteiger partial charge in [0.2, 0.25) is 6.10 Å². The second-order valence-corrected chi connectivity index (χ2v) is 7.26. The van der Waals surface area contributed by atoms with Gasteiger partial charge in [0.15, 0.2) is 11.5 Å². The fourth-order valence-corrected chi connectivity index (χ4v) is 2.94. The van der Waals surface area contributed by atoms with E-state index in [0.717, 1.165) is 17.1 Å². The summed E-state index contributed by atoms with van der Waals surface area (Å²) in [6.45, 7) is 0.364. The largest absolute Gasteiger partial charge is 0.493 e. The van der Waals surface area contributed by atoms with E-state index in [1.165, 1.54) is 7.11 Å². The summed E-state index contributed by atoms with van der Waals surface area (Å²) in [7, 11) is 2.57. The third-order valence-corrected chi connectivity index (χ3v) is 4.77. The number of ether oxygens (including phenoxy) is 4. The van der Waals surface area contributed by atoms with E-state index in [4.69, 9.17) is 20.6 Å². The smallest absolute Gasteiger partial charge is 0.418 e. The number of halogens is 1. The molecule has 0 saturated carbocycles. The Morgan fingerprint density at radius 2 is 1.78 bits per heavy atom. The first-order valence-corrected chi connectivity index (χ1v) is 10.2. The van der Waals surface area contributed by atoms with Crippen molar-refractivity contribution in [2.75, 3.05) is 27.4 Å². The second kappa shape index (κ2) is 12.4. The molecule has 0 radical (unpaired) electrons. The van der Waals surface area contributed by atoms with Crippen LogP contribution in [0.2, 0.25) is 0 Å². The maximum Gasteiger partial charge on any atom is 0.418 e. The van der Waals surface area contributed by atoms with E-state index in [0.29, 0.717) is 23.5 Å². The van der Waals surface area contributed by atoms with Gasteiger partial charge in [0.05, 0.1) is 14.2 Å². The minimum absolute atomic E-state index is 0.119. The molecule has 0 bridgehead atoms. The Bertz CT molecular complexity index is 998. The molecule has 2 aromatic rings. The van der Waals surface area contributed by atoms with Gasteiger partial charge in [-0.1, -0.05) is 40.0 Å². The predicted octanol–water partition coefficient (Wildman–Crippen LogP) is 2.59. The summed E-state index contributed by atoms with van der Waals surface area (Å²) in [5.41, 5.74) is 1.28. The number of rotatable bonds is 9. The van der Waals surface area contributed by atoms with Crippen LogP contribution in [-0.4, -0.2) is 45.2 Å². The van der Waals surface area contributed by atoms with E-state index in [-0.39, 0.29) is 13.2 Å².